The van der Waals surface area contributed by atoms with Crippen LogP contribution in [-0.2, 0) is 11.2 Å². The molecule has 3 rings (SSSR count). The highest BCUT2D eigenvalue weighted by molar-refractivity contribution is 5.84. The average Bonchev–Trinajstić information content (AvgIpc) is 2.55. The van der Waals surface area contributed by atoms with Gasteiger partial charge in [0, 0.05) is 0 Å². The van der Waals surface area contributed by atoms with Crippen LogP contribution in [0.2, 0.25) is 0 Å². The molecular weight excluding hydrogens is 260 g/mol. The summed E-state index contributed by atoms with van der Waals surface area (Å²) in [6.45, 7) is 2.55. The van der Waals surface area contributed by atoms with E-state index in [1.54, 1.807) is 0 Å². The van der Waals surface area contributed by atoms with Crippen molar-refractivity contribution in [2.75, 3.05) is 6.79 Å². The van der Waals surface area contributed by atoms with Crippen molar-refractivity contribution in [1.29, 1.82) is 0 Å². The number of hydrogen-bond acceptors (Lipinski definition) is 2. The Hall–Kier alpha value is -1.54. The van der Waals surface area contributed by atoms with Gasteiger partial charge in [-0.25, -0.2) is 0 Å². The van der Waals surface area contributed by atoms with Gasteiger partial charge in [0.15, 0.2) is 6.79 Å². The molecule has 0 bridgehead atoms. The summed E-state index contributed by atoms with van der Waals surface area (Å²) in [5, 5.41) is 2.50. The molecule has 2 aromatic carbocycles. The highest BCUT2D eigenvalue weighted by Gasteiger charge is 2.13. The normalized spacial score (nSPS) is 16.2. The van der Waals surface area contributed by atoms with Gasteiger partial charge in [0.05, 0.1) is 6.10 Å². The van der Waals surface area contributed by atoms with Gasteiger partial charge in [-0.3, -0.25) is 0 Å². The summed E-state index contributed by atoms with van der Waals surface area (Å²) in [7, 11) is 0. The lowest BCUT2D eigenvalue weighted by Crippen LogP contribution is -2.19. The largest absolute Gasteiger partial charge is 0.468 e. The lowest BCUT2D eigenvalue weighted by atomic mass is 9.98. The second-order valence-electron chi connectivity index (χ2n) is 5.89. The maximum atomic E-state index is 5.81. The van der Waals surface area contributed by atoms with Crippen LogP contribution in [-0.4, -0.2) is 12.9 Å². The number of rotatable bonds is 5. The van der Waals surface area contributed by atoms with Crippen LogP contribution in [0, 0.1) is 0 Å². The molecule has 0 aliphatic heterocycles. The molecule has 1 fully saturated rings. The third-order valence-electron chi connectivity index (χ3n) is 4.37. The third-order valence-corrected chi connectivity index (χ3v) is 4.37. The zero-order chi connectivity index (χ0) is 14.5. The van der Waals surface area contributed by atoms with Crippen LogP contribution < -0.4 is 4.74 Å². The Bertz CT molecular complexity index is 585. The van der Waals surface area contributed by atoms with Gasteiger partial charge in [0.2, 0.25) is 0 Å². The van der Waals surface area contributed by atoms with Crippen molar-refractivity contribution in [1.82, 2.24) is 0 Å². The first-order chi connectivity index (χ1) is 10.3. The van der Waals surface area contributed by atoms with E-state index in [1.807, 2.05) is 6.07 Å². The summed E-state index contributed by atoms with van der Waals surface area (Å²) >= 11 is 0. The van der Waals surface area contributed by atoms with E-state index in [0.717, 1.165) is 12.2 Å². The molecule has 2 heteroatoms. The van der Waals surface area contributed by atoms with Crippen LogP contribution in [0.4, 0.5) is 0 Å². The first-order valence-corrected chi connectivity index (χ1v) is 8.12. The maximum absolute atomic E-state index is 5.81. The monoisotopic (exact) mass is 284 g/mol. The zero-order valence-corrected chi connectivity index (χ0v) is 12.8. The first kappa shape index (κ1) is 14.4. The summed E-state index contributed by atoms with van der Waals surface area (Å²) in [6, 6.07) is 12.9. The fraction of sp³-hybridized carbons (Fsp3) is 0.474. The van der Waals surface area contributed by atoms with Crippen molar-refractivity contribution >= 4 is 10.8 Å². The van der Waals surface area contributed by atoms with E-state index >= 15 is 0 Å². The van der Waals surface area contributed by atoms with Crippen LogP contribution >= 0.6 is 0 Å². The fourth-order valence-electron chi connectivity index (χ4n) is 3.01. The smallest absolute Gasteiger partial charge is 0.189 e. The van der Waals surface area contributed by atoms with Crippen molar-refractivity contribution in [3.05, 3.63) is 42.0 Å². The van der Waals surface area contributed by atoms with Crippen molar-refractivity contribution in [3.63, 3.8) is 0 Å². The highest BCUT2D eigenvalue weighted by atomic mass is 16.7. The molecule has 0 amide bonds. The van der Waals surface area contributed by atoms with Crippen LogP contribution in [0.25, 0.3) is 10.8 Å². The summed E-state index contributed by atoms with van der Waals surface area (Å²) < 4.78 is 11.6. The lowest BCUT2D eigenvalue weighted by Gasteiger charge is -2.21. The Balaban J connectivity index is 1.59. The molecule has 2 aromatic rings. The van der Waals surface area contributed by atoms with Crippen molar-refractivity contribution in [2.45, 2.75) is 51.6 Å². The molecule has 0 atom stereocenters. The molecule has 21 heavy (non-hydrogen) atoms. The second-order valence-corrected chi connectivity index (χ2v) is 5.89. The van der Waals surface area contributed by atoms with Gasteiger partial charge < -0.3 is 9.47 Å². The number of benzene rings is 2. The summed E-state index contributed by atoms with van der Waals surface area (Å²) in [5.74, 6) is 0.891. The number of fused-ring (bicyclic) bond motifs is 1. The molecule has 112 valence electrons. The molecule has 1 saturated carbocycles. The molecule has 1 aliphatic rings. The van der Waals surface area contributed by atoms with Crippen LogP contribution in [0.5, 0.6) is 5.75 Å². The van der Waals surface area contributed by atoms with Crippen LogP contribution in [0.1, 0.15) is 44.6 Å². The molecule has 2 nitrogen and oxygen atoms in total. The van der Waals surface area contributed by atoms with Crippen LogP contribution in [0.15, 0.2) is 36.4 Å². The summed E-state index contributed by atoms with van der Waals surface area (Å²) in [5.41, 5.74) is 1.37. The average molecular weight is 284 g/mol. The number of aryl methyl sites for hydroxylation is 1. The molecule has 0 unspecified atom stereocenters. The molecule has 0 spiro atoms. The van der Waals surface area contributed by atoms with Gasteiger partial charge in [-0.05, 0) is 47.7 Å². The number of ether oxygens (including phenoxy) is 2. The van der Waals surface area contributed by atoms with E-state index in [1.165, 1.54) is 48.4 Å². The second kappa shape index (κ2) is 6.95. The van der Waals surface area contributed by atoms with E-state index in [0.29, 0.717) is 12.9 Å². The summed E-state index contributed by atoms with van der Waals surface area (Å²) in [4.78, 5) is 0. The zero-order valence-electron chi connectivity index (χ0n) is 12.8. The van der Waals surface area contributed by atoms with E-state index < -0.39 is 0 Å². The Morgan fingerprint density at radius 3 is 2.52 bits per heavy atom. The van der Waals surface area contributed by atoms with E-state index in [2.05, 4.69) is 37.3 Å². The van der Waals surface area contributed by atoms with E-state index in [9.17, 15) is 0 Å². The van der Waals surface area contributed by atoms with Crippen LogP contribution in [0.3, 0.4) is 0 Å². The predicted molar refractivity (Wildman–Crippen MR) is 86.8 cm³/mol. The molecule has 1 aliphatic carbocycles. The third kappa shape index (κ3) is 3.76. The fourth-order valence-corrected chi connectivity index (χ4v) is 3.01. The Morgan fingerprint density at radius 2 is 1.71 bits per heavy atom. The van der Waals surface area contributed by atoms with Gasteiger partial charge in [0.25, 0.3) is 0 Å². The molecule has 0 saturated heterocycles. The summed E-state index contributed by atoms with van der Waals surface area (Å²) in [6.07, 6.45) is 7.77. The van der Waals surface area contributed by atoms with Gasteiger partial charge in [-0.15, -0.1) is 0 Å². The molecule has 0 radical (unpaired) electrons. The first-order valence-electron chi connectivity index (χ1n) is 8.12. The van der Waals surface area contributed by atoms with E-state index in [-0.39, 0.29) is 0 Å². The Kier molecular flexibility index (Phi) is 4.76. The van der Waals surface area contributed by atoms with Crippen molar-refractivity contribution in [2.24, 2.45) is 0 Å². The van der Waals surface area contributed by atoms with Crippen molar-refractivity contribution in [3.8, 4) is 5.75 Å². The minimum absolute atomic E-state index is 0.364. The van der Waals surface area contributed by atoms with E-state index in [4.69, 9.17) is 9.47 Å². The number of hydrogen-bond donors (Lipinski definition) is 0. The Labute approximate surface area is 127 Å². The van der Waals surface area contributed by atoms with Gasteiger partial charge >= 0.3 is 0 Å². The lowest BCUT2D eigenvalue weighted by molar-refractivity contribution is -0.0496. The highest BCUT2D eigenvalue weighted by Crippen LogP contribution is 2.23. The van der Waals surface area contributed by atoms with Gasteiger partial charge in [-0.2, -0.15) is 0 Å². The molecule has 0 N–H and O–H groups in total. The minimum Gasteiger partial charge on any atom is -0.468 e. The quantitative estimate of drug-likeness (QED) is 0.712. The van der Waals surface area contributed by atoms with Crippen molar-refractivity contribution < 1.29 is 9.47 Å². The van der Waals surface area contributed by atoms with Gasteiger partial charge in [0.1, 0.15) is 5.75 Å². The molecule has 0 heterocycles. The topological polar surface area (TPSA) is 18.5 Å². The standard InChI is InChI=1S/C19H24O2/c1-2-15-8-9-17-13-19(11-10-16(17)12-15)21-14-20-18-6-4-3-5-7-18/h8-13,18H,2-7,14H2,1H3. The maximum Gasteiger partial charge on any atom is 0.189 e. The predicted octanol–water partition coefficient (Wildman–Crippen LogP) is 5.09. The molecular formula is C19H24O2. The van der Waals surface area contributed by atoms with Gasteiger partial charge in [-0.1, -0.05) is 50.5 Å². The Morgan fingerprint density at radius 1 is 0.952 bits per heavy atom. The molecule has 0 aromatic heterocycles. The minimum atomic E-state index is 0.364. The SMILES string of the molecule is CCc1ccc2cc(OCOC3CCCCC3)ccc2c1.